The van der Waals surface area contributed by atoms with Crippen molar-refractivity contribution in [1.82, 2.24) is 5.09 Å². The Hall–Kier alpha value is -2.59. The van der Waals surface area contributed by atoms with Gasteiger partial charge in [-0.2, -0.15) is 0 Å². The van der Waals surface area contributed by atoms with E-state index in [0.29, 0.717) is 16.5 Å². The molecular formula is C22H23ClNO4P. The topological polar surface area (TPSA) is 67.8 Å². The van der Waals surface area contributed by atoms with Crippen LogP contribution in [0.3, 0.4) is 0 Å². The number of phenols is 1. The zero-order chi connectivity index (χ0) is 20.9. The molecule has 2 unspecified atom stereocenters. The number of aromatic hydroxyl groups is 1. The van der Waals surface area contributed by atoms with Gasteiger partial charge >= 0.3 is 5.97 Å². The van der Waals surface area contributed by atoms with E-state index >= 15 is 0 Å². The van der Waals surface area contributed by atoms with E-state index in [0.717, 1.165) is 5.56 Å². The Kier molecular flexibility index (Phi) is 10.0. The van der Waals surface area contributed by atoms with Crippen LogP contribution in [0.25, 0.3) is 0 Å². The van der Waals surface area contributed by atoms with E-state index in [1.165, 1.54) is 0 Å². The minimum absolute atomic E-state index is 0.0434. The van der Waals surface area contributed by atoms with Gasteiger partial charge in [0.25, 0.3) is 0 Å². The van der Waals surface area contributed by atoms with Crippen LogP contribution < -0.4 is 9.61 Å². The van der Waals surface area contributed by atoms with Crippen molar-refractivity contribution >= 4 is 26.5 Å². The predicted octanol–water partition coefficient (Wildman–Crippen LogP) is 5.34. The summed E-state index contributed by atoms with van der Waals surface area (Å²) < 4.78 is 10.7. The second-order valence-electron chi connectivity index (χ2n) is 5.95. The molecule has 0 bridgehead atoms. The zero-order valence-corrected chi connectivity index (χ0v) is 17.7. The Morgan fingerprint density at radius 3 is 2.14 bits per heavy atom. The molecule has 0 aliphatic carbocycles. The molecule has 29 heavy (non-hydrogen) atoms. The Morgan fingerprint density at radius 2 is 1.59 bits per heavy atom. The number of nitrogens with one attached hydrogen (secondary N) is 1. The molecule has 152 valence electrons. The third-order valence-electron chi connectivity index (χ3n) is 3.59. The Morgan fingerprint density at radius 1 is 1.00 bits per heavy atom. The van der Waals surface area contributed by atoms with Gasteiger partial charge in [-0.15, -0.1) is 0 Å². The number of hydrogen-bond acceptors (Lipinski definition) is 5. The molecule has 3 aromatic rings. The standard InChI is InChI=1S/C16H17ClNO3P.C6H6O/c1-12(16(19)20-11-13-5-3-2-4-6-13)18-22-21-15-9-7-14(17)8-10-15;7-6-4-2-1-3-5-6/h2-10,12,18,22H,11H2,1H3;1-5,7H. The van der Waals surface area contributed by atoms with Crippen LogP contribution in [0.15, 0.2) is 84.9 Å². The van der Waals surface area contributed by atoms with Gasteiger partial charge in [0.15, 0.2) is 0 Å². The molecule has 0 aliphatic heterocycles. The lowest BCUT2D eigenvalue weighted by molar-refractivity contribution is -0.146. The van der Waals surface area contributed by atoms with Gasteiger partial charge < -0.3 is 14.4 Å². The molecule has 5 nitrogen and oxygen atoms in total. The summed E-state index contributed by atoms with van der Waals surface area (Å²) in [5.41, 5.74) is 0.961. The first-order valence-electron chi connectivity index (χ1n) is 8.92. The van der Waals surface area contributed by atoms with Crippen molar-refractivity contribution in [2.24, 2.45) is 0 Å². The molecule has 0 saturated carbocycles. The number of phenolic OH excluding ortho intramolecular Hbond substituents is 1. The average Bonchev–Trinajstić information content (AvgIpc) is 2.75. The molecule has 0 aromatic heterocycles. The SMILES string of the molecule is CC(NPOc1ccc(Cl)cc1)C(=O)OCc1ccccc1.Oc1ccccc1. The molecule has 7 heteroatoms. The van der Waals surface area contributed by atoms with Gasteiger partial charge in [-0.1, -0.05) is 60.1 Å². The summed E-state index contributed by atoms with van der Waals surface area (Å²) in [6, 6.07) is 24.9. The molecule has 0 spiro atoms. The smallest absolute Gasteiger partial charge is 0.323 e. The van der Waals surface area contributed by atoms with Crippen LogP contribution >= 0.6 is 20.6 Å². The summed E-state index contributed by atoms with van der Waals surface area (Å²) >= 11 is 5.79. The highest BCUT2D eigenvalue weighted by molar-refractivity contribution is 7.30. The third-order valence-corrected chi connectivity index (χ3v) is 4.73. The molecule has 0 aliphatic rings. The summed E-state index contributed by atoms with van der Waals surface area (Å²) in [4.78, 5) is 11.9. The Bertz CT molecular complexity index is 848. The van der Waals surface area contributed by atoms with Crippen molar-refractivity contribution in [3.05, 3.63) is 95.5 Å². The monoisotopic (exact) mass is 431 g/mol. The molecule has 2 atom stereocenters. The maximum atomic E-state index is 11.9. The lowest BCUT2D eigenvalue weighted by Gasteiger charge is -2.13. The number of carbonyl (C=O) groups excluding carboxylic acids is 1. The number of hydrogen-bond donors (Lipinski definition) is 2. The number of esters is 1. The maximum absolute atomic E-state index is 11.9. The summed E-state index contributed by atoms with van der Waals surface area (Å²) in [6.07, 6.45) is 0. The van der Waals surface area contributed by atoms with E-state index < -0.39 is 6.04 Å². The van der Waals surface area contributed by atoms with Crippen LogP contribution in [-0.2, 0) is 16.1 Å². The minimum atomic E-state index is -0.436. The quantitative estimate of drug-likeness (QED) is 0.390. The fraction of sp³-hybridized carbons (Fsp3) is 0.136. The van der Waals surface area contributed by atoms with Crippen molar-refractivity contribution in [1.29, 1.82) is 0 Å². The first-order chi connectivity index (χ1) is 14.0. The van der Waals surface area contributed by atoms with E-state index in [4.69, 9.17) is 26.0 Å². The first-order valence-corrected chi connectivity index (χ1v) is 10.2. The van der Waals surface area contributed by atoms with Gasteiger partial charge in [-0.25, -0.2) is 0 Å². The van der Waals surface area contributed by atoms with E-state index in [1.807, 2.05) is 36.4 Å². The number of carbonyl (C=O) groups is 1. The summed E-state index contributed by atoms with van der Waals surface area (Å²) in [5.74, 6) is 0.707. The average molecular weight is 432 g/mol. The van der Waals surface area contributed by atoms with Gasteiger partial charge in [0.1, 0.15) is 33.1 Å². The Balaban J connectivity index is 0.000000360. The number of benzene rings is 3. The molecule has 0 amide bonds. The number of para-hydroxylation sites is 1. The van der Waals surface area contributed by atoms with Gasteiger partial charge in [-0.3, -0.25) is 9.88 Å². The van der Waals surface area contributed by atoms with Gasteiger partial charge in [0.05, 0.1) is 0 Å². The van der Waals surface area contributed by atoms with Crippen LogP contribution in [0.4, 0.5) is 0 Å². The van der Waals surface area contributed by atoms with Gasteiger partial charge in [-0.05, 0) is 48.9 Å². The van der Waals surface area contributed by atoms with Crippen LogP contribution in [0, 0.1) is 0 Å². The summed E-state index contributed by atoms with van der Waals surface area (Å²) in [6.45, 7) is 2.01. The molecule has 0 fully saturated rings. The first kappa shape index (κ1) is 22.7. The van der Waals surface area contributed by atoms with E-state index in [1.54, 1.807) is 55.5 Å². The van der Waals surface area contributed by atoms with Crippen LogP contribution in [0.5, 0.6) is 11.5 Å². The number of halogens is 1. The molecule has 0 heterocycles. The fourth-order valence-electron chi connectivity index (χ4n) is 2.02. The molecule has 3 rings (SSSR count). The summed E-state index contributed by atoms with van der Waals surface area (Å²) in [7, 11) is -0.0434. The molecule has 0 saturated heterocycles. The lowest BCUT2D eigenvalue weighted by atomic mass is 10.2. The number of ether oxygens (including phenoxy) is 1. The highest BCUT2D eigenvalue weighted by atomic mass is 35.5. The van der Waals surface area contributed by atoms with Crippen LogP contribution in [-0.4, -0.2) is 17.1 Å². The number of rotatable bonds is 7. The fourth-order valence-corrected chi connectivity index (χ4v) is 2.75. The van der Waals surface area contributed by atoms with Crippen molar-refractivity contribution in [3.63, 3.8) is 0 Å². The van der Waals surface area contributed by atoms with Gasteiger partial charge in [0, 0.05) is 5.02 Å². The minimum Gasteiger partial charge on any atom is -0.508 e. The van der Waals surface area contributed by atoms with Crippen molar-refractivity contribution in [2.45, 2.75) is 19.6 Å². The predicted molar refractivity (Wildman–Crippen MR) is 117 cm³/mol. The normalized spacial score (nSPS) is 11.4. The highest BCUT2D eigenvalue weighted by Gasteiger charge is 2.14. The van der Waals surface area contributed by atoms with Crippen molar-refractivity contribution < 1.29 is 19.2 Å². The van der Waals surface area contributed by atoms with Crippen LogP contribution in [0.1, 0.15) is 12.5 Å². The largest absolute Gasteiger partial charge is 0.508 e. The highest BCUT2D eigenvalue weighted by Crippen LogP contribution is 2.21. The molecule has 3 aromatic carbocycles. The molecular weight excluding hydrogens is 409 g/mol. The van der Waals surface area contributed by atoms with Crippen LogP contribution in [0.2, 0.25) is 5.02 Å². The van der Waals surface area contributed by atoms with E-state index in [2.05, 4.69) is 5.09 Å². The maximum Gasteiger partial charge on any atom is 0.323 e. The van der Waals surface area contributed by atoms with E-state index in [-0.39, 0.29) is 21.5 Å². The third kappa shape index (κ3) is 9.44. The van der Waals surface area contributed by atoms with E-state index in [9.17, 15) is 4.79 Å². The van der Waals surface area contributed by atoms with Crippen molar-refractivity contribution in [3.8, 4) is 11.5 Å². The van der Waals surface area contributed by atoms with Gasteiger partial charge in [0.2, 0.25) is 0 Å². The molecule has 2 N–H and O–H groups in total. The Labute approximate surface area is 177 Å². The lowest BCUT2D eigenvalue weighted by Crippen LogP contribution is -2.30. The zero-order valence-electron chi connectivity index (χ0n) is 15.9. The molecule has 0 radical (unpaired) electrons. The summed E-state index contributed by atoms with van der Waals surface area (Å²) in [5, 5.41) is 12.3. The second-order valence-corrected chi connectivity index (χ2v) is 7.09. The van der Waals surface area contributed by atoms with Crippen molar-refractivity contribution in [2.75, 3.05) is 0 Å². The second kappa shape index (κ2) is 12.8.